The highest BCUT2D eigenvalue weighted by atomic mass is 19.1. The van der Waals surface area contributed by atoms with Gasteiger partial charge in [-0.1, -0.05) is 6.07 Å². The Morgan fingerprint density at radius 3 is 2.87 bits per heavy atom. The van der Waals surface area contributed by atoms with Crippen LogP contribution in [0, 0.1) is 5.82 Å². The number of ether oxygens (including phenoxy) is 1. The summed E-state index contributed by atoms with van der Waals surface area (Å²) in [6, 6.07) is 2.77. The number of aromatic hydroxyl groups is 1. The minimum absolute atomic E-state index is 0.0598. The average molecular weight is 213 g/mol. The van der Waals surface area contributed by atoms with Gasteiger partial charge in [-0.25, -0.2) is 4.39 Å². The molecule has 82 valence electrons. The predicted octanol–water partition coefficient (Wildman–Crippen LogP) is 1.09. The van der Waals surface area contributed by atoms with Gasteiger partial charge in [0.05, 0.1) is 13.5 Å². The van der Waals surface area contributed by atoms with Crippen molar-refractivity contribution in [1.29, 1.82) is 0 Å². The molecule has 0 bridgehead atoms. The number of methoxy groups -OCH3 is 1. The van der Waals surface area contributed by atoms with Crippen LogP contribution < -0.4 is 5.73 Å². The van der Waals surface area contributed by atoms with Gasteiger partial charge in [0.1, 0.15) is 11.6 Å². The van der Waals surface area contributed by atoms with Crippen molar-refractivity contribution in [1.82, 2.24) is 0 Å². The molecule has 15 heavy (non-hydrogen) atoms. The zero-order chi connectivity index (χ0) is 11.4. The highest BCUT2D eigenvalue weighted by Gasteiger charge is 2.15. The van der Waals surface area contributed by atoms with Gasteiger partial charge in [-0.2, -0.15) is 0 Å². The number of carbonyl (C=O) groups is 1. The summed E-state index contributed by atoms with van der Waals surface area (Å²) in [6.07, 6.45) is -0.0598. The number of nitrogens with two attached hydrogens (primary N) is 1. The van der Waals surface area contributed by atoms with Crippen molar-refractivity contribution in [3.05, 3.63) is 29.6 Å². The fourth-order valence-electron chi connectivity index (χ4n) is 1.20. The fourth-order valence-corrected chi connectivity index (χ4v) is 1.20. The number of phenols is 1. The minimum atomic E-state index is -0.696. The van der Waals surface area contributed by atoms with E-state index in [0.29, 0.717) is 5.56 Å². The first-order valence-electron chi connectivity index (χ1n) is 4.35. The lowest BCUT2D eigenvalue weighted by atomic mass is 10.0. The Morgan fingerprint density at radius 2 is 2.33 bits per heavy atom. The molecule has 1 unspecified atom stereocenters. The van der Waals surface area contributed by atoms with Crippen LogP contribution >= 0.6 is 0 Å². The predicted molar refractivity (Wildman–Crippen MR) is 51.6 cm³/mol. The molecule has 1 rings (SSSR count). The lowest BCUT2D eigenvalue weighted by Crippen LogP contribution is -2.16. The summed E-state index contributed by atoms with van der Waals surface area (Å²) < 4.78 is 17.1. The van der Waals surface area contributed by atoms with Crippen molar-refractivity contribution < 1.29 is 19.0 Å². The van der Waals surface area contributed by atoms with Crippen molar-refractivity contribution in [2.24, 2.45) is 5.73 Å². The second-order valence-electron chi connectivity index (χ2n) is 3.09. The molecule has 1 atom stereocenters. The number of esters is 1. The Balaban J connectivity index is 2.82. The first kappa shape index (κ1) is 11.5. The summed E-state index contributed by atoms with van der Waals surface area (Å²) in [6.45, 7) is 0. The van der Waals surface area contributed by atoms with Crippen LogP contribution in [0.1, 0.15) is 18.0 Å². The van der Waals surface area contributed by atoms with Crippen LogP contribution in [0.2, 0.25) is 0 Å². The molecule has 4 nitrogen and oxygen atoms in total. The number of halogens is 1. The number of hydrogen-bond acceptors (Lipinski definition) is 4. The molecule has 0 aliphatic rings. The summed E-state index contributed by atoms with van der Waals surface area (Å²) in [4.78, 5) is 10.9. The van der Waals surface area contributed by atoms with E-state index in [1.54, 1.807) is 0 Å². The molecule has 0 fully saturated rings. The molecule has 5 heteroatoms. The number of hydrogen-bond donors (Lipinski definition) is 2. The molecule has 0 amide bonds. The minimum Gasteiger partial charge on any atom is -0.508 e. The highest BCUT2D eigenvalue weighted by Crippen LogP contribution is 2.25. The van der Waals surface area contributed by atoms with E-state index in [-0.39, 0.29) is 12.2 Å². The zero-order valence-electron chi connectivity index (χ0n) is 8.24. The van der Waals surface area contributed by atoms with Crippen LogP contribution in [0.25, 0.3) is 0 Å². The van der Waals surface area contributed by atoms with E-state index in [1.807, 2.05) is 0 Å². The Labute approximate surface area is 86.5 Å². The number of phenolic OH excluding ortho intramolecular Hbond substituents is 1. The van der Waals surface area contributed by atoms with Gasteiger partial charge >= 0.3 is 5.97 Å². The quantitative estimate of drug-likeness (QED) is 0.737. The summed E-state index contributed by atoms with van der Waals surface area (Å²) in [7, 11) is 1.25. The van der Waals surface area contributed by atoms with E-state index in [2.05, 4.69) is 4.74 Å². The van der Waals surface area contributed by atoms with E-state index in [4.69, 9.17) is 5.73 Å². The van der Waals surface area contributed by atoms with Crippen LogP contribution in [0.3, 0.4) is 0 Å². The number of carbonyl (C=O) groups excluding carboxylic acids is 1. The molecule has 0 radical (unpaired) electrons. The molecule has 0 heterocycles. The van der Waals surface area contributed by atoms with Gasteiger partial charge in [-0.15, -0.1) is 0 Å². The first-order chi connectivity index (χ1) is 7.04. The van der Waals surface area contributed by atoms with Crippen LogP contribution in [0.15, 0.2) is 18.2 Å². The van der Waals surface area contributed by atoms with E-state index >= 15 is 0 Å². The Morgan fingerprint density at radius 1 is 1.67 bits per heavy atom. The normalized spacial score (nSPS) is 12.2. The van der Waals surface area contributed by atoms with Gasteiger partial charge in [-0.05, 0) is 6.07 Å². The second-order valence-corrected chi connectivity index (χ2v) is 3.09. The van der Waals surface area contributed by atoms with E-state index < -0.39 is 17.8 Å². The van der Waals surface area contributed by atoms with Crippen molar-refractivity contribution in [2.75, 3.05) is 7.11 Å². The van der Waals surface area contributed by atoms with Crippen molar-refractivity contribution in [3.63, 3.8) is 0 Å². The molecule has 3 N–H and O–H groups in total. The van der Waals surface area contributed by atoms with Gasteiger partial charge in [0.2, 0.25) is 0 Å². The van der Waals surface area contributed by atoms with Crippen LogP contribution in [-0.4, -0.2) is 18.2 Å². The molecular formula is C10H12FNO3. The van der Waals surface area contributed by atoms with Crippen molar-refractivity contribution in [2.45, 2.75) is 12.5 Å². The second kappa shape index (κ2) is 4.75. The lowest BCUT2D eigenvalue weighted by Gasteiger charge is -2.12. The smallest absolute Gasteiger partial charge is 0.307 e. The standard InChI is InChI=1S/C10H12FNO3/c1-15-10(14)5-8(12)7-3-2-6(11)4-9(7)13/h2-4,8,13H,5,12H2,1H3. The van der Waals surface area contributed by atoms with Crippen molar-refractivity contribution in [3.8, 4) is 5.75 Å². The third-order valence-electron chi connectivity index (χ3n) is 2.01. The molecule has 0 saturated carbocycles. The number of benzene rings is 1. The molecule has 0 aromatic heterocycles. The van der Waals surface area contributed by atoms with Gasteiger partial charge in [0, 0.05) is 17.7 Å². The van der Waals surface area contributed by atoms with E-state index in [1.165, 1.54) is 19.2 Å². The number of rotatable bonds is 3. The Bertz CT molecular complexity index is 368. The summed E-state index contributed by atoms with van der Waals surface area (Å²) in [5.41, 5.74) is 5.96. The summed E-state index contributed by atoms with van der Waals surface area (Å²) in [5, 5.41) is 9.38. The Kier molecular flexibility index (Phi) is 3.62. The van der Waals surface area contributed by atoms with Crippen LogP contribution in [0.4, 0.5) is 4.39 Å². The van der Waals surface area contributed by atoms with Gasteiger partial charge in [0.25, 0.3) is 0 Å². The van der Waals surface area contributed by atoms with Gasteiger partial charge < -0.3 is 15.6 Å². The highest BCUT2D eigenvalue weighted by molar-refractivity contribution is 5.70. The SMILES string of the molecule is COC(=O)CC(N)c1ccc(F)cc1O. The average Bonchev–Trinajstić information content (AvgIpc) is 2.17. The lowest BCUT2D eigenvalue weighted by molar-refractivity contribution is -0.141. The van der Waals surface area contributed by atoms with Gasteiger partial charge in [0.15, 0.2) is 0 Å². The maximum atomic E-state index is 12.6. The maximum Gasteiger partial charge on any atom is 0.307 e. The summed E-state index contributed by atoms with van der Waals surface area (Å²) >= 11 is 0. The molecule has 0 aliphatic carbocycles. The topological polar surface area (TPSA) is 72.5 Å². The largest absolute Gasteiger partial charge is 0.508 e. The fraction of sp³-hybridized carbons (Fsp3) is 0.300. The summed E-state index contributed by atoms with van der Waals surface area (Å²) in [5.74, 6) is -1.29. The van der Waals surface area contributed by atoms with Crippen molar-refractivity contribution >= 4 is 5.97 Å². The monoisotopic (exact) mass is 213 g/mol. The molecule has 0 spiro atoms. The third-order valence-corrected chi connectivity index (χ3v) is 2.01. The molecule has 1 aromatic carbocycles. The molecule has 0 aliphatic heterocycles. The van der Waals surface area contributed by atoms with E-state index in [0.717, 1.165) is 6.07 Å². The molecule has 1 aromatic rings. The van der Waals surface area contributed by atoms with Gasteiger partial charge in [-0.3, -0.25) is 4.79 Å². The third kappa shape index (κ3) is 2.92. The van der Waals surface area contributed by atoms with Crippen LogP contribution in [-0.2, 0) is 9.53 Å². The van der Waals surface area contributed by atoms with E-state index in [9.17, 15) is 14.3 Å². The maximum absolute atomic E-state index is 12.6. The zero-order valence-corrected chi connectivity index (χ0v) is 8.24. The van der Waals surface area contributed by atoms with Crippen LogP contribution in [0.5, 0.6) is 5.75 Å². The molecular weight excluding hydrogens is 201 g/mol. The first-order valence-corrected chi connectivity index (χ1v) is 4.35. The Hall–Kier alpha value is -1.62. The molecule has 0 saturated heterocycles.